The first-order chi connectivity index (χ1) is 8.27. The van der Waals surface area contributed by atoms with Crippen molar-refractivity contribution in [1.82, 2.24) is 30.0 Å². The van der Waals surface area contributed by atoms with Crippen molar-refractivity contribution in [3.05, 3.63) is 40.4 Å². The molecule has 0 aliphatic rings. The van der Waals surface area contributed by atoms with Crippen LogP contribution in [0.3, 0.4) is 0 Å². The maximum Gasteiger partial charge on any atom is 1.00 e. The number of rotatable bonds is 1. The second-order valence-electron chi connectivity index (χ2n) is 3.56. The molecule has 0 saturated heterocycles. The van der Waals surface area contributed by atoms with Gasteiger partial charge in [0.05, 0.1) is 5.56 Å². The first-order valence-corrected chi connectivity index (χ1v) is 4.93. The van der Waals surface area contributed by atoms with Gasteiger partial charge in [-0.15, -0.1) is 0 Å². The zero-order valence-electron chi connectivity index (χ0n) is 13.4. The van der Waals surface area contributed by atoms with Gasteiger partial charge in [-0.1, -0.05) is 6.07 Å². The monoisotopic (exact) mass is 376 g/mol. The van der Waals surface area contributed by atoms with E-state index >= 15 is 0 Å². The quantitative estimate of drug-likeness (QED) is 0.370. The average Bonchev–Trinajstić information content (AvgIpc) is 2.84. The van der Waals surface area contributed by atoms with Gasteiger partial charge in [0.2, 0.25) is 0 Å². The molecule has 0 aromatic carbocycles. The molecule has 0 atom stereocenters. The van der Waals surface area contributed by atoms with E-state index in [2.05, 4.69) is 25.6 Å². The molecule has 15 heteroatoms. The first-order valence-electron chi connectivity index (χ1n) is 4.93. The Morgan fingerprint density at radius 1 is 1.04 bits per heavy atom. The van der Waals surface area contributed by atoms with Gasteiger partial charge in [0.15, 0.2) is 0 Å². The molecule has 0 fully saturated rings. The number of hydrogen-bond donors (Lipinski definition) is 0. The smallest absolute Gasteiger partial charge is 0.412 e. The number of tetrazole rings is 1. The van der Waals surface area contributed by atoms with Gasteiger partial charge in [0.1, 0.15) is 5.65 Å². The maximum atomic E-state index is 12.2. The largest absolute Gasteiger partial charge is 1.00 e. The van der Waals surface area contributed by atoms with Gasteiger partial charge in [0, 0.05) is 18.2 Å². The molecule has 140 valence electrons. The van der Waals surface area contributed by atoms with Crippen LogP contribution in [0.25, 0.3) is 17.0 Å². The van der Waals surface area contributed by atoms with Gasteiger partial charge in [-0.25, -0.2) is 4.98 Å². The summed E-state index contributed by atoms with van der Waals surface area (Å²) in [5, 5.41) is 14.0. The van der Waals surface area contributed by atoms with Crippen LogP contribution in [0.4, 0.5) is 0 Å². The Morgan fingerprint density at radius 3 is 2.16 bits per heavy atom. The van der Waals surface area contributed by atoms with Gasteiger partial charge in [0.25, 0.3) is 5.56 Å². The summed E-state index contributed by atoms with van der Waals surface area (Å²) in [6, 6.07) is 3.68. The van der Waals surface area contributed by atoms with E-state index in [9.17, 15) is 4.79 Å². The predicted octanol–water partition coefficient (Wildman–Crippen LogP) is -8.96. The van der Waals surface area contributed by atoms with Crippen molar-refractivity contribution >= 4 is 5.65 Å². The summed E-state index contributed by atoms with van der Waals surface area (Å²) in [5.41, 5.74) is 1.61. The SMILES string of the molecule is Cc1cccn2c(=O)c(-c3nnn[n-]3)cnc12.O.O.O.O.O.O.O.[Na+]. The third kappa shape index (κ3) is 6.88. The predicted molar refractivity (Wildman–Crippen MR) is 83.6 cm³/mol. The van der Waals surface area contributed by atoms with Crippen molar-refractivity contribution in [2.45, 2.75) is 6.92 Å². The molecule has 3 heterocycles. The van der Waals surface area contributed by atoms with E-state index in [4.69, 9.17) is 0 Å². The minimum atomic E-state index is -0.228. The van der Waals surface area contributed by atoms with Gasteiger partial charge >= 0.3 is 29.6 Å². The van der Waals surface area contributed by atoms with Crippen molar-refractivity contribution < 1.29 is 67.9 Å². The molecular formula is C10H21N6NaO8. The summed E-state index contributed by atoms with van der Waals surface area (Å²) >= 11 is 0. The van der Waals surface area contributed by atoms with E-state index in [0.717, 1.165) is 5.56 Å². The van der Waals surface area contributed by atoms with Gasteiger partial charge in [-0.2, -0.15) is 5.21 Å². The molecule has 0 amide bonds. The summed E-state index contributed by atoms with van der Waals surface area (Å²) in [6.07, 6.45) is 3.11. The Kier molecular flexibility index (Phi) is 24.2. The molecule has 0 aliphatic heterocycles. The van der Waals surface area contributed by atoms with E-state index in [1.54, 1.807) is 12.3 Å². The Hall–Kier alpha value is -1.85. The molecule has 0 radical (unpaired) electrons. The summed E-state index contributed by atoms with van der Waals surface area (Å²) in [4.78, 5) is 16.4. The first kappa shape index (κ1) is 38.6. The van der Waals surface area contributed by atoms with Crippen LogP contribution in [0, 0.1) is 6.92 Å². The second kappa shape index (κ2) is 15.7. The van der Waals surface area contributed by atoms with Crippen LogP contribution < -0.4 is 40.2 Å². The van der Waals surface area contributed by atoms with Crippen LogP contribution in [0.15, 0.2) is 29.3 Å². The van der Waals surface area contributed by atoms with Crippen molar-refractivity contribution in [2.24, 2.45) is 0 Å². The fourth-order valence-corrected chi connectivity index (χ4v) is 1.65. The van der Waals surface area contributed by atoms with Gasteiger partial charge in [-0.3, -0.25) is 19.5 Å². The van der Waals surface area contributed by atoms with Crippen LogP contribution in [0.1, 0.15) is 5.56 Å². The summed E-state index contributed by atoms with van der Waals surface area (Å²) in [7, 11) is 0. The van der Waals surface area contributed by atoms with E-state index < -0.39 is 0 Å². The topological polar surface area (TPSA) is 308 Å². The number of aryl methyl sites for hydroxylation is 1. The van der Waals surface area contributed by atoms with Gasteiger partial charge < -0.3 is 43.4 Å². The Bertz CT molecular complexity index is 753. The van der Waals surface area contributed by atoms with E-state index in [0.29, 0.717) is 5.65 Å². The minimum Gasteiger partial charge on any atom is -0.412 e. The van der Waals surface area contributed by atoms with Crippen LogP contribution in [-0.4, -0.2) is 63.2 Å². The van der Waals surface area contributed by atoms with Crippen molar-refractivity contribution in [1.29, 1.82) is 0 Å². The molecule has 3 aromatic rings. The molecule has 14 N–H and O–H groups in total. The van der Waals surface area contributed by atoms with Crippen LogP contribution in [0.2, 0.25) is 0 Å². The van der Waals surface area contributed by atoms with Gasteiger partial charge in [-0.05, 0) is 18.6 Å². The number of aromatic nitrogens is 6. The summed E-state index contributed by atoms with van der Waals surface area (Å²) in [6.45, 7) is 1.89. The normalized spacial score (nSPS) is 7.40. The Balaban J connectivity index is -0.000000113. The van der Waals surface area contributed by atoms with Crippen molar-refractivity contribution in [3.63, 3.8) is 0 Å². The minimum absolute atomic E-state index is 0. The third-order valence-corrected chi connectivity index (χ3v) is 2.49. The van der Waals surface area contributed by atoms with E-state index in [1.807, 2.05) is 13.0 Å². The molecular weight excluding hydrogens is 355 g/mol. The average molecular weight is 376 g/mol. The molecule has 3 rings (SSSR count). The zero-order chi connectivity index (χ0) is 11.8. The van der Waals surface area contributed by atoms with Crippen LogP contribution >= 0.6 is 0 Å². The molecule has 0 aliphatic carbocycles. The Labute approximate surface area is 162 Å². The number of fused-ring (bicyclic) bond motifs is 1. The number of nitrogens with zero attached hydrogens (tertiary/aromatic N) is 6. The Morgan fingerprint density at radius 2 is 1.64 bits per heavy atom. The standard InChI is InChI=1S/C10H7N6O.Na.7H2O/c1-6-3-2-4-16-9(6)11-5-7(10(16)17)8-12-14-15-13-8;;;;;;;;/h2-5H,1H3;;7*1H2/q-1;+1;;;;;;;. The number of hydrogen-bond acceptors (Lipinski definition) is 5. The van der Waals surface area contributed by atoms with E-state index in [-0.39, 0.29) is 84.8 Å². The third-order valence-electron chi connectivity index (χ3n) is 2.49. The fraction of sp³-hybridized carbons (Fsp3) is 0.100. The van der Waals surface area contributed by atoms with Crippen molar-refractivity contribution in [2.75, 3.05) is 0 Å². The maximum absolute atomic E-state index is 12.2. The molecule has 14 nitrogen and oxygen atoms in total. The molecule has 3 aromatic heterocycles. The molecule has 0 saturated carbocycles. The fourth-order valence-electron chi connectivity index (χ4n) is 1.65. The second-order valence-corrected chi connectivity index (χ2v) is 3.56. The molecule has 0 unspecified atom stereocenters. The summed E-state index contributed by atoms with van der Waals surface area (Å²) < 4.78 is 1.46. The molecule has 0 bridgehead atoms. The van der Waals surface area contributed by atoms with Crippen LogP contribution in [-0.2, 0) is 0 Å². The number of pyridine rings is 1. The molecule has 25 heavy (non-hydrogen) atoms. The summed E-state index contributed by atoms with van der Waals surface area (Å²) in [5.74, 6) is 0.193. The van der Waals surface area contributed by atoms with E-state index in [1.165, 1.54) is 10.6 Å². The molecule has 0 spiro atoms. The van der Waals surface area contributed by atoms with Crippen molar-refractivity contribution in [3.8, 4) is 11.4 Å². The zero-order valence-corrected chi connectivity index (χ0v) is 15.4. The van der Waals surface area contributed by atoms with Crippen LogP contribution in [0.5, 0.6) is 0 Å².